The first-order valence-electron chi connectivity index (χ1n) is 9.38. The fourth-order valence-corrected chi connectivity index (χ4v) is 3.65. The summed E-state index contributed by atoms with van der Waals surface area (Å²) in [6.07, 6.45) is 1.66. The van der Waals surface area contributed by atoms with E-state index in [0.717, 1.165) is 0 Å². The number of rotatable bonds is 7. The molecule has 0 aliphatic heterocycles. The first kappa shape index (κ1) is 21.0. The summed E-state index contributed by atoms with van der Waals surface area (Å²) in [4.78, 5) is 23.5. The maximum absolute atomic E-state index is 13.4. The Hall–Kier alpha value is -3.29. The molecule has 8 heteroatoms. The van der Waals surface area contributed by atoms with Gasteiger partial charge in [0.2, 0.25) is 0 Å². The van der Waals surface area contributed by atoms with Crippen molar-refractivity contribution in [3.8, 4) is 5.75 Å². The van der Waals surface area contributed by atoms with Crippen molar-refractivity contribution in [3.05, 3.63) is 106 Å². The lowest BCUT2D eigenvalue weighted by Crippen LogP contribution is -2.31. The average Bonchev–Trinajstić information content (AvgIpc) is 3.27. The van der Waals surface area contributed by atoms with Gasteiger partial charge in [-0.05, 0) is 60.7 Å². The van der Waals surface area contributed by atoms with E-state index in [9.17, 15) is 9.18 Å². The predicted molar refractivity (Wildman–Crippen MR) is 119 cm³/mol. The highest BCUT2D eigenvalue weighted by Crippen LogP contribution is 2.22. The highest BCUT2D eigenvalue weighted by molar-refractivity contribution is 7.09. The van der Waals surface area contributed by atoms with Gasteiger partial charge in [0.25, 0.3) is 5.91 Å². The van der Waals surface area contributed by atoms with Crippen LogP contribution in [0.5, 0.6) is 5.75 Å². The fourth-order valence-electron chi connectivity index (χ4n) is 2.84. The number of thiazole rings is 1. The van der Waals surface area contributed by atoms with Crippen LogP contribution in [0.15, 0.2) is 78.3 Å². The lowest BCUT2D eigenvalue weighted by Gasteiger charge is -2.21. The van der Waals surface area contributed by atoms with E-state index in [1.807, 2.05) is 12.1 Å². The minimum absolute atomic E-state index is 0.233. The number of halogens is 2. The highest BCUT2D eigenvalue weighted by Gasteiger charge is 2.21. The molecule has 156 valence electrons. The Morgan fingerprint density at radius 1 is 1.06 bits per heavy atom. The lowest BCUT2D eigenvalue weighted by atomic mass is 10.2. The van der Waals surface area contributed by atoms with Crippen LogP contribution in [0.2, 0.25) is 5.02 Å². The number of carbonyl (C=O) groups is 1. The van der Waals surface area contributed by atoms with E-state index < -0.39 is 0 Å². The molecule has 0 saturated heterocycles. The zero-order valence-corrected chi connectivity index (χ0v) is 17.8. The van der Waals surface area contributed by atoms with Crippen LogP contribution in [0.1, 0.15) is 21.2 Å². The predicted octanol–water partition coefficient (Wildman–Crippen LogP) is 5.76. The van der Waals surface area contributed by atoms with Gasteiger partial charge >= 0.3 is 0 Å². The lowest BCUT2D eigenvalue weighted by molar-refractivity contribution is 0.0980. The van der Waals surface area contributed by atoms with Crippen LogP contribution in [-0.2, 0) is 13.2 Å². The van der Waals surface area contributed by atoms with Crippen molar-refractivity contribution >= 4 is 34.5 Å². The van der Waals surface area contributed by atoms with Gasteiger partial charge in [-0.25, -0.2) is 9.37 Å². The number of hydrogen-bond donors (Lipinski definition) is 0. The molecule has 4 rings (SSSR count). The van der Waals surface area contributed by atoms with Crippen LogP contribution in [0.3, 0.4) is 0 Å². The van der Waals surface area contributed by atoms with Crippen molar-refractivity contribution in [2.75, 3.05) is 4.90 Å². The summed E-state index contributed by atoms with van der Waals surface area (Å²) in [6, 6.07) is 18.3. The maximum Gasteiger partial charge on any atom is 0.278 e. The van der Waals surface area contributed by atoms with Gasteiger partial charge in [-0.15, -0.1) is 11.3 Å². The normalized spacial score (nSPS) is 10.6. The van der Waals surface area contributed by atoms with Gasteiger partial charge in [0, 0.05) is 22.3 Å². The van der Waals surface area contributed by atoms with E-state index in [2.05, 4.69) is 9.97 Å². The van der Waals surface area contributed by atoms with Gasteiger partial charge < -0.3 is 9.64 Å². The maximum atomic E-state index is 13.4. The quantitative estimate of drug-likeness (QED) is 0.357. The third kappa shape index (κ3) is 5.45. The molecule has 0 aliphatic rings. The van der Waals surface area contributed by atoms with Gasteiger partial charge in [-0.1, -0.05) is 17.7 Å². The molecule has 0 bridgehead atoms. The van der Waals surface area contributed by atoms with E-state index in [1.54, 1.807) is 54.0 Å². The minimum atomic E-state index is -0.371. The van der Waals surface area contributed by atoms with E-state index >= 15 is 0 Å². The minimum Gasteiger partial charge on any atom is -0.486 e. The molecule has 0 spiro atoms. The Morgan fingerprint density at radius 2 is 1.84 bits per heavy atom. The second-order valence-corrected chi connectivity index (χ2v) is 7.94. The van der Waals surface area contributed by atoms with Gasteiger partial charge in [0.1, 0.15) is 28.9 Å². The van der Waals surface area contributed by atoms with E-state index in [4.69, 9.17) is 16.3 Å². The Morgan fingerprint density at radius 3 is 2.55 bits per heavy atom. The largest absolute Gasteiger partial charge is 0.486 e. The Kier molecular flexibility index (Phi) is 6.54. The molecule has 0 radical (unpaired) electrons. The van der Waals surface area contributed by atoms with Crippen molar-refractivity contribution in [1.29, 1.82) is 0 Å². The van der Waals surface area contributed by atoms with E-state index in [0.29, 0.717) is 32.9 Å². The van der Waals surface area contributed by atoms with E-state index in [-0.39, 0.29) is 24.9 Å². The smallest absolute Gasteiger partial charge is 0.278 e. The number of benzene rings is 2. The molecule has 2 aromatic heterocycles. The summed E-state index contributed by atoms with van der Waals surface area (Å²) >= 11 is 7.22. The zero-order valence-electron chi connectivity index (χ0n) is 16.2. The molecule has 0 N–H and O–H groups in total. The second kappa shape index (κ2) is 9.68. The van der Waals surface area contributed by atoms with Crippen molar-refractivity contribution in [2.24, 2.45) is 0 Å². The zero-order chi connectivity index (χ0) is 21.6. The summed E-state index contributed by atoms with van der Waals surface area (Å²) < 4.78 is 19.1. The summed E-state index contributed by atoms with van der Waals surface area (Å²) in [5, 5.41) is 2.98. The molecule has 31 heavy (non-hydrogen) atoms. The molecule has 5 nitrogen and oxygen atoms in total. The number of hydrogen-bond acceptors (Lipinski definition) is 5. The van der Waals surface area contributed by atoms with Gasteiger partial charge in [0.05, 0.1) is 12.2 Å². The number of pyridine rings is 1. The van der Waals surface area contributed by atoms with Gasteiger partial charge in [0.15, 0.2) is 0 Å². The number of carbonyl (C=O) groups excluding carboxylic acids is 1. The van der Waals surface area contributed by atoms with Gasteiger partial charge in [-0.2, -0.15) is 0 Å². The Balaban J connectivity index is 1.52. The second-order valence-electron chi connectivity index (χ2n) is 6.56. The topological polar surface area (TPSA) is 55.3 Å². The first-order chi connectivity index (χ1) is 15.1. The van der Waals surface area contributed by atoms with Crippen molar-refractivity contribution < 1.29 is 13.9 Å². The van der Waals surface area contributed by atoms with E-state index in [1.165, 1.54) is 28.4 Å². The third-order valence-corrected chi connectivity index (χ3v) is 5.45. The average molecular weight is 454 g/mol. The first-order valence-corrected chi connectivity index (χ1v) is 10.6. The summed E-state index contributed by atoms with van der Waals surface area (Å²) in [6.45, 7) is 0.468. The molecule has 2 aromatic carbocycles. The van der Waals surface area contributed by atoms with Crippen molar-refractivity contribution in [3.63, 3.8) is 0 Å². The Bertz CT molecular complexity index is 1150. The summed E-state index contributed by atoms with van der Waals surface area (Å²) in [5.41, 5.74) is 1.56. The number of anilines is 1. The summed E-state index contributed by atoms with van der Waals surface area (Å²) in [5.74, 6) is -0.00824. The molecule has 0 aliphatic carbocycles. The molecule has 0 atom stereocenters. The standard InChI is InChI=1S/C23H17ClFN3O2S/c24-16-4-10-20(11-5-16)30-14-22-27-21(15-31-22)23(29)28(13-18-3-1-2-12-26-18)19-8-6-17(25)7-9-19/h1-12,15H,13-14H2. The molecule has 2 heterocycles. The van der Waals surface area contributed by atoms with Crippen molar-refractivity contribution in [2.45, 2.75) is 13.2 Å². The van der Waals surface area contributed by atoms with Crippen LogP contribution in [-0.4, -0.2) is 15.9 Å². The number of nitrogens with zero attached hydrogens (tertiary/aromatic N) is 3. The summed E-state index contributed by atoms with van der Waals surface area (Å²) in [7, 11) is 0. The number of aromatic nitrogens is 2. The van der Waals surface area contributed by atoms with Crippen LogP contribution < -0.4 is 9.64 Å². The molecule has 0 unspecified atom stereocenters. The van der Waals surface area contributed by atoms with Gasteiger partial charge in [-0.3, -0.25) is 9.78 Å². The van der Waals surface area contributed by atoms with Crippen molar-refractivity contribution in [1.82, 2.24) is 9.97 Å². The fraction of sp³-hybridized carbons (Fsp3) is 0.0870. The monoisotopic (exact) mass is 453 g/mol. The highest BCUT2D eigenvalue weighted by atomic mass is 35.5. The number of amides is 1. The molecule has 0 fully saturated rings. The third-order valence-electron chi connectivity index (χ3n) is 4.38. The van der Waals surface area contributed by atoms with Crippen LogP contribution in [0.4, 0.5) is 10.1 Å². The molecule has 0 saturated carbocycles. The molecule has 1 amide bonds. The molecule has 4 aromatic rings. The number of ether oxygens (including phenoxy) is 1. The van der Waals surface area contributed by atoms with Crippen LogP contribution in [0, 0.1) is 5.82 Å². The SMILES string of the molecule is O=C(c1csc(COc2ccc(Cl)cc2)n1)N(Cc1ccccn1)c1ccc(F)cc1. The van der Waals surface area contributed by atoms with Crippen LogP contribution >= 0.6 is 22.9 Å². The molecular weight excluding hydrogens is 437 g/mol. The Labute approximate surface area is 187 Å². The van der Waals surface area contributed by atoms with Crippen LogP contribution in [0.25, 0.3) is 0 Å². The molecular formula is C23H17ClFN3O2S.